The van der Waals surface area contributed by atoms with Gasteiger partial charge in [0, 0.05) is 10.0 Å². The topological polar surface area (TPSA) is 44.1 Å². The lowest BCUT2D eigenvalue weighted by atomic mass is 10.2. The first-order valence-electron chi connectivity index (χ1n) is 8.16. The van der Waals surface area contributed by atoms with Crippen LogP contribution in [0.25, 0.3) is 10.9 Å². The molecule has 1 aromatic heterocycles. The van der Waals surface area contributed by atoms with E-state index in [9.17, 15) is 4.79 Å². The van der Waals surface area contributed by atoms with Crippen molar-refractivity contribution in [2.24, 2.45) is 0 Å². The van der Waals surface area contributed by atoms with Gasteiger partial charge in [0.2, 0.25) is 0 Å². The zero-order valence-electron chi connectivity index (χ0n) is 13.8. The Hall–Kier alpha value is -2.92. The predicted octanol–water partition coefficient (Wildman–Crippen LogP) is 5.00. The smallest absolute Gasteiger partial charge is 0.261 e. The highest BCUT2D eigenvalue weighted by Crippen LogP contribution is 2.25. The zero-order chi connectivity index (χ0) is 17.9. The molecule has 3 aromatic carbocycles. The minimum Gasteiger partial charge on any atom is -0.457 e. The summed E-state index contributed by atoms with van der Waals surface area (Å²) in [5.41, 5.74) is 1.52. The molecule has 5 heteroatoms. The zero-order valence-corrected chi connectivity index (χ0v) is 15.4. The summed E-state index contributed by atoms with van der Waals surface area (Å²) in [6, 6.07) is 22.8. The van der Waals surface area contributed by atoms with Crippen molar-refractivity contribution in [2.45, 2.75) is 6.54 Å². The van der Waals surface area contributed by atoms with Crippen molar-refractivity contribution in [1.29, 1.82) is 0 Å². The minimum absolute atomic E-state index is 0.0779. The first-order valence-corrected chi connectivity index (χ1v) is 8.95. The van der Waals surface area contributed by atoms with Crippen molar-refractivity contribution in [1.82, 2.24) is 9.55 Å². The van der Waals surface area contributed by atoms with Crippen LogP contribution in [-0.2, 0) is 6.54 Å². The fraction of sp³-hybridized carbons (Fsp3) is 0.0476. The van der Waals surface area contributed by atoms with Gasteiger partial charge in [-0.3, -0.25) is 9.36 Å². The second kappa shape index (κ2) is 7.14. The Balaban J connectivity index is 1.71. The summed E-state index contributed by atoms with van der Waals surface area (Å²) in [6.45, 7) is 0.386. The van der Waals surface area contributed by atoms with E-state index in [-0.39, 0.29) is 5.56 Å². The molecule has 0 fully saturated rings. The van der Waals surface area contributed by atoms with Gasteiger partial charge in [-0.15, -0.1) is 0 Å². The molecule has 26 heavy (non-hydrogen) atoms. The molecule has 0 bridgehead atoms. The summed E-state index contributed by atoms with van der Waals surface area (Å²) in [4.78, 5) is 17.2. The van der Waals surface area contributed by atoms with Gasteiger partial charge in [0.1, 0.15) is 11.5 Å². The number of hydrogen-bond donors (Lipinski definition) is 0. The summed E-state index contributed by atoms with van der Waals surface area (Å²) in [6.07, 6.45) is 1.58. The van der Waals surface area contributed by atoms with E-state index in [0.717, 1.165) is 21.5 Å². The quantitative estimate of drug-likeness (QED) is 0.478. The van der Waals surface area contributed by atoms with Crippen molar-refractivity contribution in [3.8, 4) is 11.5 Å². The number of hydrogen-bond acceptors (Lipinski definition) is 3. The highest BCUT2D eigenvalue weighted by molar-refractivity contribution is 9.10. The SMILES string of the molecule is O=c1c2cc(Br)ccc2ncn1Cc1ccccc1Oc1ccccc1. The van der Waals surface area contributed by atoms with Crippen molar-refractivity contribution < 1.29 is 4.74 Å². The molecule has 0 aliphatic carbocycles. The number of halogens is 1. The van der Waals surface area contributed by atoms with E-state index in [2.05, 4.69) is 20.9 Å². The molecule has 0 atom stereocenters. The van der Waals surface area contributed by atoms with E-state index in [1.54, 1.807) is 17.0 Å². The maximum atomic E-state index is 12.8. The largest absolute Gasteiger partial charge is 0.457 e. The molecule has 0 unspecified atom stereocenters. The second-order valence-electron chi connectivity index (χ2n) is 5.86. The van der Waals surface area contributed by atoms with Crippen LogP contribution in [0.4, 0.5) is 0 Å². The lowest BCUT2D eigenvalue weighted by Gasteiger charge is -2.12. The Morgan fingerprint density at radius 3 is 2.58 bits per heavy atom. The highest BCUT2D eigenvalue weighted by Gasteiger charge is 2.09. The Bertz CT molecular complexity index is 1120. The molecular formula is C21H15BrN2O2. The van der Waals surface area contributed by atoms with Gasteiger partial charge in [-0.1, -0.05) is 52.3 Å². The maximum Gasteiger partial charge on any atom is 0.261 e. The number of ether oxygens (including phenoxy) is 1. The van der Waals surface area contributed by atoms with Crippen LogP contribution in [0.1, 0.15) is 5.56 Å². The molecule has 0 radical (unpaired) electrons. The molecule has 0 saturated carbocycles. The van der Waals surface area contributed by atoms with E-state index in [4.69, 9.17) is 4.74 Å². The van der Waals surface area contributed by atoms with Crippen molar-refractivity contribution in [3.05, 3.63) is 99.5 Å². The molecule has 4 nitrogen and oxygen atoms in total. The first kappa shape index (κ1) is 16.5. The third kappa shape index (κ3) is 3.39. The maximum absolute atomic E-state index is 12.8. The molecule has 1 heterocycles. The first-order chi connectivity index (χ1) is 12.7. The third-order valence-electron chi connectivity index (χ3n) is 4.07. The number of rotatable bonds is 4. The van der Waals surface area contributed by atoms with Crippen LogP contribution in [0.15, 0.2) is 88.4 Å². The van der Waals surface area contributed by atoms with E-state index in [1.807, 2.05) is 66.7 Å². The summed E-state index contributed by atoms with van der Waals surface area (Å²) in [7, 11) is 0. The number of aromatic nitrogens is 2. The van der Waals surface area contributed by atoms with Crippen LogP contribution >= 0.6 is 15.9 Å². The van der Waals surface area contributed by atoms with E-state index < -0.39 is 0 Å². The normalized spacial score (nSPS) is 10.8. The fourth-order valence-electron chi connectivity index (χ4n) is 2.78. The van der Waals surface area contributed by atoms with Crippen molar-refractivity contribution in [2.75, 3.05) is 0 Å². The average molecular weight is 407 g/mol. The van der Waals surface area contributed by atoms with Crippen LogP contribution in [0.5, 0.6) is 11.5 Å². The van der Waals surface area contributed by atoms with Gasteiger partial charge in [0.25, 0.3) is 5.56 Å². The van der Waals surface area contributed by atoms with Gasteiger partial charge in [0.15, 0.2) is 0 Å². The Morgan fingerprint density at radius 2 is 1.73 bits per heavy atom. The third-order valence-corrected chi connectivity index (χ3v) is 4.56. The highest BCUT2D eigenvalue weighted by atomic mass is 79.9. The number of nitrogens with zero attached hydrogens (tertiary/aromatic N) is 2. The molecule has 4 rings (SSSR count). The van der Waals surface area contributed by atoms with E-state index >= 15 is 0 Å². The Kier molecular flexibility index (Phi) is 4.54. The second-order valence-corrected chi connectivity index (χ2v) is 6.78. The van der Waals surface area contributed by atoms with Crippen LogP contribution in [0.3, 0.4) is 0 Å². The molecule has 0 aliphatic rings. The molecule has 0 N–H and O–H groups in total. The number of para-hydroxylation sites is 2. The number of fused-ring (bicyclic) bond motifs is 1. The molecule has 0 amide bonds. The summed E-state index contributed by atoms with van der Waals surface area (Å²) >= 11 is 3.41. The molecule has 128 valence electrons. The van der Waals surface area contributed by atoms with Gasteiger partial charge >= 0.3 is 0 Å². The summed E-state index contributed by atoms with van der Waals surface area (Å²) in [5.74, 6) is 1.48. The fourth-order valence-corrected chi connectivity index (χ4v) is 3.14. The molecule has 0 spiro atoms. The summed E-state index contributed by atoms with van der Waals surface area (Å²) in [5, 5.41) is 0.586. The van der Waals surface area contributed by atoms with E-state index in [0.29, 0.717) is 17.4 Å². The minimum atomic E-state index is -0.0779. The van der Waals surface area contributed by atoms with Crippen LogP contribution < -0.4 is 10.3 Å². The average Bonchev–Trinajstić information content (AvgIpc) is 2.67. The standard InChI is InChI=1S/C21H15BrN2O2/c22-16-10-11-19-18(12-16)21(25)24(14-23-19)13-15-6-4-5-9-20(15)26-17-7-2-1-3-8-17/h1-12,14H,13H2. The van der Waals surface area contributed by atoms with Gasteiger partial charge in [-0.2, -0.15) is 0 Å². The lowest BCUT2D eigenvalue weighted by molar-refractivity contribution is 0.473. The van der Waals surface area contributed by atoms with Gasteiger partial charge in [-0.25, -0.2) is 4.98 Å². The van der Waals surface area contributed by atoms with Gasteiger partial charge in [0.05, 0.1) is 23.8 Å². The molecule has 4 aromatic rings. The van der Waals surface area contributed by atoms with Gasteiger partial charge in [-0.05, 0) is 36.4 Å². The van der Waals surface area contributed by atoms with Crippen molar-refractivity contribution >= 4 is 26.8 Å². The predicted molar refractivity (Wildman–Crippen MR) is 106 cm³/mol. The monoisotopic (exact) mass is 406 g/mol. The molecule has 0 aliphatic heterocycles. The van der Waals surface area contributed by atoms with Crippen LogP contribution in [0, 0.1) is 0 Å². The van der Waals surface area contributed by atoms with E-state index in [1.165, 1.54) is 0 Å². The Labute approximate surface area is 158 Å². The van der Waals surface area contributed by atoms with Crippen LogP contribution in [-0.4, -0.2) is 9.55 Å². The lowest BCUT2D eigenvalue weighted by Crippen LogP contribution is -2.21. The van der Waals surface area contributed by atoms with Gasteiger partial charge < -0.3 is 4.74 Å². The molecular weight excluding hydrogens is 392 g/mol. The van der Waals surface area contributed by atoms with Crippen LogP contribution in [0.2, 0.25) is 0 Å². The number of benzene rings is 3. The summed E-state index contributed by atoms with van der Waals surface area (Å²) < 4.78 is 8.44. The molecule has 0 saturated heterocycles. The Morgan fingerprint density at radius 1 is 0.962 bits per heavy atom. The van der Waals surface area contributed by atoms with Crippen molar-refractivity contribution in [3.63, 3.8) is 0 Å².